The Balaban J connectivity index is 1.79. The van der Waals surface area contributed by atoms with Crippen LogP contribution in [-0.4, -0.2) is 39.4 Å². The first-order valence-electron chi connectivity index (χ1n) is 8.25. The van der Waals surface area contributed by atoms with Crippen molar-refractivity contribution < 1.29 is 0 Å². The highest BCUT2D eigenvalue weighted by molar-refractivity contribution is 9.10. The zero-order chi connectivity index (χ0) is 15.0. The Hall–Kier alpha value is -0.390. The van der Waals surface area contributed by atoms with Crippen LogP contribution in [0.4, 0.5) is 0 Å². The maximum absolute atomic E-state index is 4.64. The maximum atomic E-state index is 4.64. The molecule has 21 heavy (non-hydrogen) atoms. The van der Waals surface area contributed by atoms with Gasteiger partial charge in [-0.2, -0.15) is 5.10 Å². The molecule has 5 heteroatoms. The molecule has 118 valence electrons. The van der Waals surface area contributed by atoms with Crippen LogP contribution >= 0.6 is 15.9 Å². The van der Waals surface area contributed by atoms with Gasteiger partial charge < -0.3 is 5.32 Å². The molecule has 0 radical (unpaired) electrons. The SMILES string of the molecule is CCn1nc(C)c(Br)c1CN1CC2(CCCC2)NCC1C. The Morgan fingerprint density at radius 3 is 2.76 bits per heavy atom. The second-order valence-corrected chi connectivity index (χ2v) is 7.58. The first kappa shape index (κ1) is 15.5. The van der Waals surface area contributed by atoms with E-state index >= 15 is 0 Å². The van der Waals surface area contributed by atoms with Gasteiger partial charge in [-0.05, 0) is 49.5 Å². The average molecular weight is 355 g/mol. The van der Waals surface area contributed by atoms with Crippen molar-refractivity contribution in [2.75, 3.05) is 13.1 Å². The summed E-state index contributed by atoms with van der Waals surface area (Å²) in [6.45, 7) is 10.8. The van der Waals surface area contributed by atoms with Gasteiger partial charge in [-0.25, -0.2) is 0 Å². The van der Waals surface area contributed by atoms with Crippen LogP contribution in [0, 0.1) is 6.92 Å². The fourth-order valence-electron chi connectivity index (χ4n) is 3.90. The topological polar surface area (TPSA) is 33.1 Å². The van der Waals surface area contributed by atoms with Crippen molar-refractivity contribution in [3.05, 3.63) is 15.9 Å². The third-order valence-corrected chi connectivity index (χ3v) is 6.30. The van der Waals surface area contributed by atoms with Crippen molar-refractivity contribution >= 4 is 15.9 Å². The molecule has 0 amide bonds. The Bertz CT molecular complexity index is 505. The predicted octanol–water partition coefficient (Wildman–Crippen LogP) is 3.08. The monoisotopic (exact) mass is 354 g/mol. The van der Waals surface area contributed by atoms with Gasteiger partial charge in [0, 0.05) is 37.8 Å². The smallest absolute Gasteiger partial charge is 0.0739 e. The van der Waals surface area contributed by atoms with Gasteiger partial charge in [-0.3, -0.25) is 9.58 Å². The van der Waals surface area contributed by atoms with Crippen LogP contribution in [0.3, 0.4) is 0 Å². The highest BCUT2D eigenvalue weighted by Gasteiger charge is 2.40. The molecular weight excluding hydrogens is 328 g/mol. The molecule has 1 spiro atoms. The number of nitrogens with zero attached hydrogens (tertiary/aromatic N) is 3. The molecule has 1 aromatic rings. The predicted molar refractivity (Wildman–Crippen MR) is 89.4 cm³/mol. The normalized spacial score (nSPS) is 25.8. The summed E-state index contributed by atoms with van der Waals surface area (Å²) in [7, 11) is 0. The third kappa shape index (κ3) is 2.92. The van der Waals surface area contributed by atoms with Crippen molar-refractivity contribution in [1.29, 1.82) is 0 Å². The van der Waals surface area contributed by atoms with Gasteiger partial charge in [0.25, 0.3) is 0 Å². The Morgan fingerprint density at radius 2 is 2.10 bits per heavy atom. The Morgan fingerprint density at radius 1 is 1.38 bits per heavy atom. The molecular formula is C16H27BrN4. The van der Waals surface area contributed by atoms with Crippen molar-refractivity contribution in [3.8, 4) is 0 Å². The van der Waals surface area contributed by atoms with E-state index in [1.54, 1.807) is 0 Å². The number of hydrogen-bond donors (Lipinski definition) is 1. The molecule has 1 aromatic heterocycles. The zero-order valence-corrected chi connectivity index (χ0v) is 15.0. The summed E-state index contributed by atoms with van der Waals surface area (Å²) < 4.78 is 3.34. The fraction of sp³-hybridized carbons (Fsp3) is 0.812. The number of aromatic nitrogens is 2. The molecule has 2 heterocycles. The maximum Gasteiger partial charge on any atom is 0.0739 e. The van der Waals surface area contributed by atoms with E-state index in [-0.39, 0.29) is 0 Å². The van der Waals surface area contributed by atoms with Gasteiger partial charge in [-0.15, -0.1) is 0 Å². The largest absolute Gasteiger partial charge is 0.308 e. The highest BCUT2D eigenvalue weighted by Crippen LogP contribution is 2.34. The van der Waals surface area contributed by atoms with Crippen molar-refractivity contribution in [3.63, 3.8) is 0 Å². The van der Waals surface area contributed by atoms with Gasteiger partial charge in [0.15, 0.2) is 0 Å². The van der Waals surface area contributed by atoms with Crippen LogP contribution in [0.1, 0.15) is 50.9 Å². The number of hydrogen-bond acceptors (Lipinski definition) is 3. The molecule has 4 nitrogen and oxygen atoms in total. The summed E-state index contributed by atoms with van der Waals surface area (Å²) in [6, 6.07) is 0.587. The highest BCUT2D eigenvalue weighted by atomic mass is 79.9. The summed E-state index contributed by atoms with van der Waals surface area (Å²) in [6.07, 6.45) is 5.43. The molecule has 0 bridgehead atoms. The van der Waals surface area contributed by atoms with E-state index in [0.29, 0.717) is 11.6 Å². The lowest BCUT2D eigenvalue weighted by atomic mass is 9.92. The summed E-state index contributed by atoms with van der Waals surface area (Å²) >= 11 is 3.74. The summed E-state index contributed by atoms with van der Waals surface area (Å²) in [4.78, 5) is 2.65. The second-order valence-electron chi connectivity index (χ2n) is 6.78. The van der Waals surface area contributed by atoms with Crippen LogP contribution < -0.4 is 5.32 Å². The lowest BCUT2D eigenvalue weighted by molar-refractivity contribution is 0.0801. The summed E-state index contributed by atoms with van der Waals surface area (Å²) in [5, 5.41) is 8.47. The number of halogens is 1. The van der Waals surface area contributed by atoms with Gasteiger partial charge in [0.05, 0.1) is 15.9 Å². The van der Waals surface area contributed by atoms with Crippen LogP contribution in [0.15, 0.2) is 4.47 Å². The quantitative estimate of drug-likeness (QED) is 0.905. The third-order valence-electron chi connectivity index (χ3n) is 5.27. The first-order chi connectivity index (χ1) is 10.0. The Labute approximate surface area is 136 Å². The standard InChI is InChI=1S/C16H27BrN4/c1-4-21-14(15(17)13(3)19-21)10-20-11-16(7-5-6-8-16)18-9-12(20)2/h12,18H,4-11H2,1-3H3. The lowest BCUT2D eigenvalue weighted by Crippen LogP contribution is -2.62. The minimum absolute atomic E-state index is 0.380. The molecule has 1 aliphatic heterocycles. The average Bonchev–Trinajstić information content (AvgIpc) is 3.03. The molecule has 1 N–H and O–H groups in total. The first-order valence-corrected chi connectivity index (χ1v) is 9.05. The van der Waals surface area contributed by atoms with Gasteiger partial charge in [-0.1, -0.05) is 12.8 Å². The molecule has 1 atom stereocenters. The minimum atomic E-state index is 0.380. The molecule has 1 saturated carbocycles. The lowest BCUT2D eigenvalue weighted by Gasteiger charge is -2.45. The van der Waals surface area contributed by atoms with Crippen LogP contribution in [-0.2, 0) is 13.1 Å². The molecule has 1 saturated heterocycles. The molecule has 2 fully saturated rings. The van der Waals surface area contributed by atoms with Gasteiger partial charge in [0.2, 0.25) is 0 Å². The van der Waals surface area contributed by atoms with Crippen LogP contribution in [0.5, 0.6) is 0 Å². The van der Waals surface area contributed by atoms with Gasteiger partial charge >= 0.3 is 0 Å². The van der Waals surface area contributed by atoms with Crippen LogP contribution in [0.2, 0.25) is 0 Å². The van der Waals surface area contributed by atoms with Gasteiger partial charge in [0.1, 0.15) is 0 Å². The van der Waals surface area contributed by atoms with E-state index in [1.165, 1.54) is 42.4 Å². The molecule has 1 aliphatic carbocycles. The molecule has 3 rings (SSSR count). The molecule has 2 aliphatic rings. The van der Waals surface area contributed by atoms with E-state index in [9.17, 15) is 0 Å². The van der Waals surface area contributed by atoms with Crippen LogP contribution in [0.25, 0.3) is 0 Å². The van der Waals surface area contributed by atoms with E-state index in [4.69, 9.17) is 0 Å². The van der Waals surface area contributed by atoms with E-state index < -0.39 is 0 Å². The molecule has 1 unspecified atom stereocenters. The summed E-state index contributed by atoms with van der Waals surface area (Å²) in [5.41, 5.74) is 2.81. The van der Waals surface area contributed by atoms with Crippen molar-refractivity contribution in [2.45, 2.75) is 71.1 Å². The molecule has 0 aromatic carbocycles. The van der Waals surface area contributed by atoms with Crippen molar-refractivity contribution in [2.24, 2.45) is 0 Å². The van der Waals surface area contributed by atoms with E-state index in [0.717, 1.165) is 25.3 Å². The number of nitrogens with one attached hydrogen (secondary N) is 1. The number of aryl methyl sites for hydroxylation is 2. The van der Waals surface area contributed by atoms with Crippen molar-refractivity contribution in [1.82, 2.24) is 20.0 Å². The number of piperazine rings is 1. The minimum Gasteiger partial charge on any atom is -0.308 e. The van der Waals surface area contributed by atoms with E-state index in [1.807, 2.05) is 0 Å². The fourth-order valence-corrected chi connectivity index (χ4v) is 4.31. The second kappa shape index (κ2) is 6.01. The zero-order valence-electron chi connectivity index (χ0n) is 13.5. The number of rotatable bonds is 3. The summed E-state index contributed by atoms with van der Waals surface area (Å²) in [5.74, 6) is 0. The Kier molecular flexibility index (Phi) is 4.44. The van der Waals surface area contributed by atoms with E-state index in [2.05, 4.69) is 56.7 Å².